The van der Waals surface area contributed by atoms with Crippen LogP contribution in [0, 0.1) is 0 Å². The van der Waals surface area contributed by atoms with Gasteiger partial charge >= 0.3 is 5.97 Å². The lowest BCUT2D eigenvalue weighted by molar-refractivity contribution is -0.132. The second kappa shape index (κ2) is 9.95. The molecule has 0 aliphatic rings. The summed E-state index contributed by atoms with van der Waals surface area (Å²) in [6.45, 7) is 3.19. The average molecular weight is 435 g/mol. The van der Waals surface area contributed by atoms with E-state index in [2.05, 4.69) is 10.6 Å². The minimum absolute atomic E-state index is 0.0456. The zero-order valence-corrected chi connectivity index (χ0v) is 17.9. The third-order valence-electron chi connectivity index (χ3n) is 4.54. The Morgan fingerprint density at radius 3 is 2.32 bits per heavy atom. The number of benzene rings is 3. The Labute approximate surface area is 184 Å². The fourth-order valence-electron chi connectivity index (χ4n) is 2.88. The molecule has 2 amide bonds. The number of rotatable bonds is 7. The van der Waals surface area contributed by atoms with Gasteiger partial charge in [0.1, 0.15) is 0 Å². The Morgan fingerprint density at radius 2 is 1.61 bits per heavy atom. The number of carbonyl (C=O) groups is 3. The zero-order chi connectivity index (χ0) is 22.4. The summed E-state index contributed by atoms with van der Waals surface area (Å²) in [6.07, 6.45) is 1.03. The van der Waals surface area contributed by atoms with Gasteiger partial charge in [0.25, 0.3) is 0 Å². The van der Waals surface area contributed by atoms with E-state index in [0.29, 0.717) is 5.69 Å². The van der Waals surface area contributed by atoms with Crippen molar-refractivity contribution in [3.8, 4) is 0 Å². The second-order valence-electron chi connectivity index (χ2n) is 6.92. The van der Waals surface area contributed by atoms with Crippen LogP contribution in [0.1, 0.15) is 13.8 Å². The molecule has 0 unspecified atom stereocenters. The molecule has 6 nitrogen and oxygen atoms in total. The summed E-state index contributed by atoms with van der Waals surface area (Å²) in [4.78, 5) is 36.2. The maximum Gasteiger partial charge on any atom is 0.331 e. The van der Waals surface area contributed by atoms with Gasteiger partial charge in [-0.3, -0.25) is 9.59 Å². The monoisotopic (exact) mass is 434 g/mol. The Balaban J connectivity index is 1.60. The number of amides is 2. The molecule has 1 atom stereocenters. The highest BCUT2D eigenvalue weighted by Crippen LogP contribution is 2.27. The van der Waals surface area contributed by atoms with E-state index >= 15 is 0 Å². The number of aliphatic carboxylic acids is 1. The normalized spacial score (nSPS) is 12.3. The van der Waals surface area contributed by atoms with Gasteiger partial charge in [0.15, 0.2) is 0 Å². The van der Waals surface area contributed by atoms with Crippen LogP contribution in [0.25, 0.3) is 10.8 Å². The zero-order valence-electron chi connectivity index (χ0n) is 17.1. The fraction of sp³-hybridized carbons (Fsp3) is 0.125. The molecule has 3 rings (SSSR count). The number of nitrogens with one attached hydrogen (secondary N) is 2. The molecule has 0 aromatic heterocycles. The molecule has 0 aliphatic heterocycles. The summed E-state index contributed by atoms with van der Waals surface area (Å²) in [5.41, 5.74) is 1.27. The Bertz CT molecular complexity index is 1150. The molecule has 158 valence electrons. The van der Waals surface area contributed by atoms with Gasteiger partial charge in [-0.2, -0.15) is 0 Å². The minimum atomic E-state index is -1.14. The third kappa shape index (κ3) is 5.96. The molecule has 0 saturated heterocycles. The van der Waals surface area contributed by atoms with Gasteiger partial charge in [-0.05, 0) is 49.6 Å². The second-order valence-corrected chi connectivity index (χ2v) is 8.34. The summed E-state index contributed by atoms with van der Waals surface area (Å²) in [7, 11) is 0. The van der Waals surface area contributed by atoms with Crippen LogP contribution in [0.5, 0.6) is 0 Å². The molecule has 0 spiro atoms. The first-order chi connectivity index (χ1) is 14.8. The number of carboxylic acids is 1. The molecule has 0 aliphatic carbocycles. The predicted octanol–water partition coefficient (Wildman–Crippen LogP) is 4.93. The van der Waals surface area contributed by atoms with Gasteiger partial charge in [0.2, 0.25) is 11.8 Å². The Hall–Kier alpha value is -3.58. The van der Waals surface area contributed by atoms with Crippen molar-refractivity contribution < 1.29 is 19.5 Å². The molecule has 7 heteroatoms. The molecule has 3 aromatic carbocycles. The van der Waals surface area contributed by atoms with Crippen molar-refractivity contribution in [2.75, 3.05) is 10.6 Å². The van der Waals surface area contributed by atoms with Crippen molar-refractivity contribution in [2.24, 2.45) is 0 Å². The van der Waals surface area contributed by atoms with Gasteiger partial charge in [0, 0.05) is 33.3 Å². The Morgan fingerprint density at radius 1 is 0.935 bits per heavy atom. The topological polar surface area (TPSA) is 95.5 Å². The molecule has 3 aromatic rings. The largest absolute Gasteiger partial charge is 0.478 e. The summed E-state index contributed by atoms with van der Waals surface area (Å²) in [5, 5.41) is 16.2. The molecule has 0 fully saturated rings. The quantitative estimate of drug-likeness (QED) is 0.362. The predicted molar refractivity (Wildman–Crippen MR) is 124 cm³/mol. The van der Waals surface area contributed by atoms with Crippen LogP contribution < -0.4 is 10.6 Å². The smallest absolute Gasteiger partial charge is 0.331 e. The van der Waals surface area contributed by atoms with Crippen LogP contribution in [0.15, 0.2) is 83.3 Å². The van der Waals surface area contributed by atoms with Crippen molar-refractivity contribution in [3.63, 3.8) is 0 Å². The number of carbonyl (C=O) groups excluding carboxylic acids is 2. The maximum atomic E-state index is 12.7. The van der Waals surface area contributed by atoms with Crippen LogP contribution >= 0.6 is 11.8 Å². The van der Waals surface area contributed by atoms with E-state index in [0.717, 1.165) is 27.4 Å². The summed E-state index contributed by atoms with van der Waals surface area (Å²) in [5.74, 6) is -1.76. The van der Waals surface area contributed by atoms with Crippen LogP contribution in [-0.2, 0) is 14.4 Å². The van der Waals surface area contributed by atoms with Gasteiger partial charge in [0.05, 0.1) is 5.25 Å². The molecule has 0 bridgehead atoms. The van der Waals surface area contributed by atoms with Crippen LogP contribution in [-0.4, -0.2) is 28.1 Å². The maximum absolute atomic E-state index is 12.7. The molecule has 0 radical (unpaired) electrons. The Kier molecular flexibility index (Phi) is 7.10. The first kappa shape index (κ1) is 22.1. The molecule has 0 heterocycles. The van der Waals surface area contributed by atoms with Crippen molar-refractivity contribution in [1.29, 1.82) is 0 Å². The third-order valence-corrected chi connectivity index (χ3v) is 5.65. The summed E-state index contributed by atoms with van der Waals surface area (Å²) in [6, 6.07) is 20.7. The highest BCUT2D eigenvalue weighted by atomic mass is 32.2. The first-order valence-electron chi connectivity index (χ1n) is 9.61. The highest BCUT2D eigenvalue weighted by molar-refractivity contribution is 8.00. The van der Waals surface area contributed by atoms with Crippen molar-refractivity contribution in [2.45, 2.75) is 24.0 Å². The fourth-order valence-corrected chi connectivity index (χ4v) is 3.75. The van der Waals surface area contributed by atoms with E-state index in [1.807, 2.05) is 49.4 Å². The number of hydrogen-bond acceptors (Lipinski definition) is 4. The molecular weight excluding hydrogens is 412 g/mol. The van der Waals surface area contributed by atoms with E-state index in [-0.39, 0.29) is 16.7 Å². The lowest BCUT2D eigenvalue weighted by Crippen LogP contribution is -2.22. The van der Waals surface area contributed by atoms with E-state index < -0.39 is 11.9 Å². The van der Waals surface area contributed by atoms with E-state index in [4.69, 9.17) is 5.11 Å². The average Bonchev–Trinajstić information content (AvgIpc) is 2.75. The number of thioether (sulfide) groups is 1. The summed E-state index contributed by atoms with van der Waals surface area (Å²) >= 11 is 1.40. The molecule has 31 heavy (non-hydrogen) atoms. The van der Waals surface area contributed by atoms with Crippen LogP contribution in [0.2, 0.25) is 0 Å². The van der Waals surface area contributed by atoms with Crippen LogP contribution in [0.3, 0.4) is 0 Å². The minimum Gasteiger partial charge on any atom is -0.478 e. The van der Waals surface area contributed by atoms with Crippen LogP contribution in [0.4, 0.5) is 11.4 Å². The standard InChI is InChI=1S/C24H22N2O4S/c1-15(24(29)30)14-22(27)25-18-10-12-19(13-11-18)31-16(2)23(28)26-21-9-5-7-17-6-3-4-8-20(17)21/h3-14,16H,1-2H3,(H,25,27)(H,26,28)(H,29,30)/b15-14-/t16-/m0/s1. The molecule has 3 N–H and O–H groups in total. The molecular formula is C24H22N2O4S. The highest BCUT2D eigenvalue weighted by Gasteiger charge is 2.16. The molecule has 0 saturated carbocycles. The SMILES string of the molecule is C/C(=C/C(=O)Nc1ccc(S[C@@H](C)C(=O)Nc2cccc3ccccc23)cc1)C(=O)O. The van der Waals surface area contributed by atoms with E-state index in [1.165, 1.54) is 18.7 Å². The van der Waals surface area contributed by atoms with Gasteiger partial charge in [-0.25, -0.2) is 4.79 Å². The number of hydrogen-bond donors (Lipinski definition) is 3. The lowest BCUT2D eigenvalue weighted by atomic mass is 10.1. The lowest BCUT2D eigenvalue weighted by Gasteiger charge is -2.14. The first-order valence-corrected chi connectivity index (χ1v) is 10.5. The van der Waals surface area contributed by atoms with Crippen molar-refractivity contribution in [1.82, 2.24) is 0 Å². The number of anilines is 2. The number of fused-ring (bicyclic) bond motifs is 1. The summed E-state index contributed by atoms with van der Waals surface area (Å²) < 4.78 is 0. The van der Waals surface area contributed by atoms with E-state index in [1.54, 1.807) is 24.3 Å². The number of carboxylic acid groups (broad SMARTS) is 1. The van der Waals surface area contributed by atoms with Gasteiger partial charge < -0.3 is 15.7 Å². The van der Waals surface area contributed by atoms with Gasteiger partial charge in [-0.1, -0.05) is 36.4 Å². The van der Waals surface area contributed by atoms with E-state index in [9.17, 15) is 14.4 Å². The van der Waals surface area contributed by atoms with Crippen molar-refractivity contribution in [3.05, 3.63) is 78.4 Å². The van der Waals surface area contributed by atoms with Gasteiger partial charge in [-0.15, -0.1) is 11.8 Å². The van der Waals surface area contributed by atoms with Crippen molar-refractivity contribution >= 4 is 51.7 Å².